The van der Waals surface area contributed by atoms with Crippen LogP contribution in [0.4, 0.5) is 0 Å². The number of aromatic nitrogens is 2. The monoisotopic (exact) mass is 429 g/mol. The van der Waals surface area contributed by atoms with E-state index in [2.05, 4.69) is 29.4 Å². The number of H-pyrrole nitrogens is 1. The summed E-state index contributed by atoms with van der Waals surface area (Å²) in [5, 5.41) is 4.51. The van der Waals surface area contributed by atoms with Crippen LogP contribution in [0.3, 0.4) is 0 Å². The number of halogens is 2. The highest BCUT2D eigenvalue weighted by atomic mass is 35.5. The topological polar surface area (TPSA) is 40.7 Å². The number of imidazole rings is 1. The van der Waals surface area contributed by atoms with Gasteiger partial charge in [0.05, 0.1) is 11.0 Å². The molecule has 0 radical (unpaired) electrons. The Morgan fingerprint density at radius 3 is 2.45 bits per heavy atom. The third kappa shape index (κ3) is 4.79. The molecule has 29 heavy (non-hydrogen) atoms. The zero-order valence-corrected chi connectivity index (χ0v) is 18.7. The Balaban J connectivity index is 1.53. The molecule has 1 heterocycles. The lowest BCUT2D eigenvalue weighted by Crippen LogP contribution is -2.15. The van der Waals surface area contributed by atoms with E-state index in [-0.39, 0.29) is 0 Å². The van der Waals surface area contributed by atoms with Crippen LogP contribution in [0, 0.1) is 12.8 Å². The summed E-state index contributed by atoms with van der Waals surface area (Å²) in [6.07, 6.45) is 7.93. The Kier molecular flexibility index (Phi) is 6.48. The molecule has 1 aliphatic carbocycles. The summed E-state index contributed by atoms with van der Waals surface area (Å²) in [6.45, 7) is 3.29. The summed E-state index contributed by atoms with van der Waals surface area (Å²) in [6, 6.07) is 10.2. The van der Waals surface area contributed by atoms with Crippen molar-refractivity contribution in [2.75, 3.05) is 13.6 Å². The highest BCUT2D eigenvalue weighted by Crippen LogP contribution is 2.39. The van der Waals surface area contributed by atoms with Gasteiger partial charge < -0.3 is 10.3 Å². The van der Waals surface area contributed by atoms with Crippen LogP contribution in [0.1, 0.15) is 55.6 Å². The number of fused-ring (bicyclic) bond motifs is 1. The average molecular weight is 430 g/mol. The van der Waals surface area contributed by atoms with E-state index >= 15 is 0 Å². The standard InChI is InChI=1S/C24H29Cl2N3/c1-15-10-18(17-7-5-16(6-8-17)4-3-9-27-2)13-22-23(15)29-24(28-22)19-11-20(25)14-21(26)12-19/h10-14,16-17,27H,3-9H2,1-2H3,(H,28,29). The normalized spacial score (nSPS) is 19.7. The van der Waals surface area contributed by atoms with Gasteiger partial charge in [-0.2, -0.15) is 0 Å². The van der Waals surface area contributed by atoms with Crippen molar-refractivity contribution in [3.63, 3.8) is 0 Å². The Morgan fingerprint density at radius 1 is 1.03 bits per heavy atom. The lowest BCUT2D eigenvalue weighted by Gasteiger charge is -2.29. The predicted molar refractivity (Wildman–Crippen MR) is 124 cm³/mol. The van der Waals surface area contributed by atoms with E-state index in [1.807, 2.05) is 19.2 Å². The summed E-state index contributed by atoms with van der Waals surface area (Å²) in [5.74, 6) is 2.37. The van der Waals surface area contributed by atoms with E-state index in [0.717, 1.165) is 34.9 Å². The van der Waals surface area contributed by atoms with E-state index in [0.29, 0.717) is 16.0 Å². The molecule has 2 N–H and O–H groups in total. The van der Waals surface area contributed by atoms with Gasteiger partial charge in [0.2, 0.25) is 0 Å². The van der Waals surface area contributed by atoms with Crippen molar-refractivity contribution >= 4 is 34.2 Å². The van der Waals surface area contributed by atoms with Gasteiger partial charge in [0.25, 0.3) is 0 Å². The van der Waals surface area contributed by atoms with Gasteiger partial charge in [0, 0.05) is 15.6 Å². The largest absolute Gasteiger partial charge is 0.338 e. The SMILES string of the molecule is CNCCCC1CCC(c2cc(C)c3nc(-c4cc(Cl)cc(Cl)c4)[nH]c3c2)CC1. The van der Waals surface area contributed by atoms with Crippen LogP contribution in [-0.2, 0) is 0 Å². The fourth-order valence-corrected chi connectivity index (χ4v) is 5.26. The highest BCUT2D eigenvalue weighted by molar-refractivity contribution is 6.35. The Hall–Kier alpha value is -1.55. The Morgan fingerprint density at radius 2 is 1.76 bits per heavy atom. The molecule has 2 aromatic carbocycles. The lowest BCUT2D eigenvalue weighted by atomic mass is 9.77. The molecule has 3 nitrogen and oxygen atoms in total. The predicted octanol–water partition coefficient (Wildman–Crippen LogP) is 7.12. The Bertz CT molecular complexity index is 967. The van der Waals surface area contributed by atoms with Gasteiger partial charge in [-0.3, -0.25) is 0 Å². The summed E-state index contributed by atoms with van der Waals surface area (Å²) >= 11 is 12.4. The van der Waals surface area contributed by atoms with Gasteiger partial charge in [-0.1, -0.05) is 29.3 Å². The fourth-order valence-electron chi connectivity index (χ4n) is 4.73. The number of aromatic amines is 1. The second-order valence-corrected chi connectivity index (χ2v) is 9.31. The molecule has 0 amide bonds. The molecule has 154 valence electrons. The Labute approximate surface area is 183 Å². The molecule has 1 fully saturated rings. The van der Waals surface area contributed by atoms with Crippen molar-refractivity contribution in [2.24, 2.45) is 5.92 Å². The van der Waals surface area contributed by atoms with Gasteiger partial charge in [0.15, 0.2) is 0 Å². The number of aryl methyl sites for hydroxylation is 1. The molecule has 1 aromatic heterocycles. The van der Waals surface area contributed by atoms with E-state index in [1.165, 1.54) is 49.7 Å². The third-order valence-corrected chi connectivity index (χ3v) is 6.73. The van der Waals surface area contributed by atoms with Crippen LogP contribution in [0.5, 0.6) is 0 Å². The van der Waals surface area contributed by atoms with Crippen LogP contribution < -0.4 is 5.32 Å². The zero-order chi connectivity index (χ0) is 20.4. The maximum atomic E-state index is 6.18. The molecule has 1 saturated carbocycles. The fraction of sp³-hybridized carbons (Fsp3) is 0.458. The molecule has 0 atom stereocenters. The molecular formula is C24H29Cl2N3. The molecular weight excluding hydrogens is 401 g/mol. The number of nitrogens with one attached hydrogen (secondary N) is 2. The lowest BCUT2D eigenvalue weighted by molar-refractivity contribution is 0.304. The van der Waals surface area contributed by atoms with Crippen molar-refractivity contribution in [1.82, 2.24) is 15.3 Å². The van der Waals surface area contributed by atoms with E-state index < -0.39 is 0 Å². The number of hydrogen-bond donors (Lipinski definition) is 2. The van der Waals surface area contributed by atoms with Crippen LogP contribution in [-0.4, -0.2) is 23.6 Å². The molecule has 0 saturated heterocycles. The average Bonchev–Trinajstić information content (AvgIpc) is 3.13. The minimum absolute atomic E-state index is 0.622. The van der Waals surface area contributed by atoms with Crippen molar-refractivity contribution in [1.29, 1.82) is 0 Å². The number of rotatable bonds is 6. The van der Waals surface area contributed by atoms with Gasteiger partial charge in [-0.25, -0.2) is 4.98 Å². The summed E-state index contributed by atoms with van der Waals surface area (Å²) in [7, 11) is 2.04. The van der Waals surface area contributed by atoms with Crippen LogP contribution in [0.15, 0.2) is 30.3 Å². The summed E-state index contributed by atoms with van der Waals surface area (Å²) < 4.78 is 0. The molecule has 1 aliphatic rings. The van der Waals surface area contributed by atoms with Gasteiger partial charge in [0.1, 0.15) is 5.82 Å². The second kappa shape index (κ2) is 9.07. The summed E-state index contributed by atoms with van der Waals surface area (Å²) in [5.41, 5.74) is 5.72. The number of nitrogens with zero attached hydrogens (tertiary/aromatic N) is 1. The van der Waals surface area contributed by atoms with Gasteiger partial charge >= 0.3 is 0 Å². The van der Waals surface area contributed by atoms with Crippen molar-refractivity contribution < 1.29 is 0 Å². The highest BCUT2D eigenvalue weighted by Gasteiger charge is 2.23. The van der Waals surface area contributed by atoms with Crippen molar-refractivity contribution in [3.8, 4) is 11.4 Å². The summed E-state index contributed by atoms with van der Waals surface area (Å²) in [4.78, 5) is 8.32. The maximum absolute atomic E-state index is 6.18. The quantitative estimate of drug-likeness (QED) is 0.409. The third-order valence-electron chi connectivity index (χ3n) is 6.29. The molecule has 0 bridgehead atoms. The van der Waals surface area contributed by atoms with Gasteiger partial charge in [-0.05, 0) is 106 Å². The molecule has 0 unspecified atom stereocenters. The molecule has 0 spiro atoms. The first-order valence-electron chi connectivity index (χ1n) is 10.6. The first-order valence-corrected chi connectivity index (χ1v) is 11.4. The minimum Gasteiger partial charge on any atom is -0.338 e. The first kappa shape index (κ1) is 20.7. The van der Waals surface area contributed by atoms with E-state index in [9.17, 15) is 0 Å². The van der Waals surface area contributed by atoms with Crippen LogP contribution >= 0.6 is 23.2 Å². The number of benzene rings is 2. The molecule has 3 aromatic rings. The zero-order valence-electron chi connectivity index (χ0n) is 17.2. The molecule has 4 rings (SSSR count). The first-order chi connectivity index (χ1) is 14.0. The second-order valence-electron chi connectivity index (χ2n) is 8.44. The number of hydrogen-bond acceptors (Lipinski definition) is 2. The van der Waals surface area contributed by atoms with Crippen molar-refractivity contribution in [2.45, 2.75) is 51.4 Å². The van der Waals surface area contributed by atoms with Crippen LogP contribution in [0.25, 0.3) is 22.4 Å². The maximum Gasteiger partial charge on any atom is 0.138 e. The molecule has 0 aliphatic heterocycles. The van der Waals surface area contributed by atoms with E-state index in [1.54, 1.807) is 6.07 Å². The van der Waals surface area contributed by atoms with Crippen LogP contribution in [0.2, 0.25) is 10.0 Å². The van der Waals surface area contributed by atoms with Crippen molar-refractivity contribution in [3.05, 3.63) is 51.5 Å². The van der Waals surface area contributed by atoms with Gasteiger partial charge in [-0.15, -0.1) is 0 Å². The molecule has 5 heteroatoms. The minimum atomic E-state index is 0.622. The smallest absolute Gasteiger partial charge is 0.138 e. The van der Waals surface area contributed by atoms with E-state index in [4.69, 9.17) is 28.2 Å².